The minimum absolute atomic E-state index is 0.105. The molecule has 134 valence electrons. The van der Waals surface area contributed by atoms with Crippen LogP contribution in [-0.4, -0.2) is 46.5 Å². The van der Waals surface area contributed by atoms with Gasteiger partial charge in [-0.25, -0.2) is 4.98 Å². The number of fused-ring (bicyclic) bond motifs is 1. The Morgan fingerprint density at radius 2 is 1.85 bits per heavy atom. The molecule has 1 fully saturated rings. The largest absolute Gasteiger partial charge is 0.339 e. The lowest BCUT2D eigenvalue weighted by Gasteiger charge is -2.31. The van der Waals surface area contributed by atoms with Crippen LogP contribution in [-0.2, 0) is 0 Å². The molecular formula is C21H24N4O. The van der Waals surface area contributed by atoms with Crippen molar-refractivity contribution in [3.05, 3.63) is 59.9 Å². The molecule has 1 amide bonds. The van der Waals surface area contributed by atoms with E-state index in [2.05, 4.69) is 27.0 Å². The van der Waals surface area contributed by atoms with Crippen molar-refractivity contribution in [2.24, 2.45) is 0 Å². The summed E-state index contributed by atoms with van der Waals surface area (Å²) < 4.78 is 2.13. The lowest BCUT2D eigenvalue weighted by Crippen LogP contribution is -2.43. The number of piperidine rings is 1. The van der Waals surface area contributed by atoms with Crippen molar-refractivity contribution in [1.82, 2.24) is 19.8 Å². The van der Waals surface area contributed by atoms with Crippen LogP contribution < -0.4 is 5.32 Å². The van der Waals surface area contributed by atoms with Crippen LogP contribution in [0, 0.1) is 6.92 Å². The van der Waals surface area contributed by atoms with E-state index in [0.29, 0.717) is 6.04 Å². The summed E-state index contributed by atoms with van der Waals surface area (Å²) in [6.45, 7) is 3.61. The van der Waals surface area contributed by atoms with Crippen LogP contribution in [0.4, 0.5) is 0 Å². The van der Waals surface area contributed by atoms with Gasteiger partial charge in [0.2, 0.25) is 0 Å². The molecule has 1 aliphatic rings. The summed E-state index contributed by atoms with van der Waals surface area (Å²) in [6.07, 6.45) is 2.01. The first-order valence-corrected chi connectivity index (χ1v) is 9.18. The molecule has 0 unspecified atom stereocenters. The molecule has 2 heterocycles. The van der Waals surface area contributed by atoms with E-state index in [0.717, 1.165) is 54.0 Å². The fraction of sp³-hybridized carbons (Fsp3) is 0.333. The van der Waals surface area contributed by atoms with Gasteiger partial charge in [0, 0.05) is 30.4 Å². The minimum Gasteiger partial charge on any atom is -0.339 e. The zero-order chi connectivity index (χ0) is 18.1. The molecule has 1 aromatic heterocycles. The van der Waals surface area contributed by atoms with Gasteiger partial charge in [0.05, 0.1) is 11.0 Å². The summed E-state index contributed by atoms with van der Waals surface area (Å²) >= 11 is 0. The molecular weight excluding hydrogens is 324 g/mol. The Bertz CT molecular complexity index is 924. The number of carbonyl (C=O) groups excluding carboxylic acids is 1. The lowest BCUT2D eigenvalue weighted by molar-refractivity contribution is 0.0707. The SMILES string of the molecule is CNC1CCN(C(=O)c2ccc3c(c2)nc(C)n3-c2ccccc2)CC1. The van der Waals surface area contributed by atoms with Crippen LogP contribution in [0.3, 0.4) is 0 Å². The second-order valence-corrected chi connectivity index (χ2v) is 6.89. The Morgan fingerprint density at radius 1 is 1.12 bits per heavy atom. The predicted molar refractivity (Wildman–Crippen MR) is 104 cm³/mol. The van der Waals surface area contributed by atoms with E-state index in [1.165, 1.54) is 0 Å². The maximum Gasteiger partial charge on any atom is 0.253 e. The number of para-hydroxylation sites is 1. The van der Waals surface area contributed by atoms with Gasteiger partial charge in [-0.1, -0.05) is 18.2 Å². The van der Waals surface area contributed by atoms with E-state index >= 15 is 0 Å². The molecule has 26 heavy (non-hydrogen) atoms. The molecule has 5 nitrogen and oxygen atoms in total. The molecule has 0 aliphatic carbocycles. The molecule has 0 bridgehead atoms. The fourth-order valence-electron chi connectivity index (χ4n) is 3.79. The van der Waals surface area contributed by atoms with Gasteiger partial charge in [0.25, 0.3) is 5.91 Å². The van der Waals surface area contributed by atoms with Gasteiger partial charge in [-0.3, -0.25) is 9.36 Å². The van der Waals surface area contributed by atoms with Crippen LogP contribution in [0.5, 0.6) is 0 Å². The maximum absolute atomic E-state index is 12.9. The number of benzene rings is 2. The number of imidazole rings is 1. The van der Waals surface area contributed by atoms with Crippen molar-refractivity contribution >= 4 is 16.9 Å². The molecule has 4 rings (SSSR count). The number of carbonyl (C=O) groups is 1. The van der Waals surface area contributed by atoms with Gasteiger partial charge >= 0.3 is 0 Å². The van der Waals surface area contributed by atoms with E-state index in [4.69, 9.17) is 0 Å². The average Bonchev–Trinajstić information content (AvgIpc) is 3.03. The first kappa shape index (κ1) is 16.8. The Kier molecular flexibility index (Phi) is 4.47. The van der Waals surface area contributed by atoms with Gasteiger partial charge in [-0.15, -0.1) is 0 Å². The lowest BCUT2D eigenvalue weighted by atomic mass is 10.0. The first-order valence-electron chi connectivity index (χ1n) is 9.18. The number of aromatic nitrogens is 2. The molecule has 1 aliphatic heterocycles. The molecule has 1 saturated heterocycles. The van der Waals surface area contributed by atoms with E-state index in [1.807, 2.05) is 55.3 Å². The van der Waals surface area contributed by atoms with Gasteiger partial charge in [0.15, 0.2) is 0 Å². The van der Waals surface area contributed by atoms with E-state index in [-0.39, 0.29) is 5.91 Å². The molecule has 5 heteroatoms. The van der Waals surface area contributed by atoms with Crippen LogP contribution in [0.2, 0.25) is 0 Å². The summed E-state index contributed by atoms with van der Waals surface area (Å²) in [7, 11) is 1.99. The summed E-state index contributed by atoms with van der Waals surface area (Å²) in [4.78, 5) is 19.5. The summed E-state index contributed by atoms with van der Waals surface area (Å²) in [5.41, 5.74) is 3.69. The summed E-state index contributed by atoms with van der Waals surface area (Å²) in [5, 5.41) is 3.30. The molecule has 0 spiro atoms. The standard InChI is InChI=1S/C21H24N4O/c1-15-23-19-14-16(21(26)24-12-10-17(22-2)11-13-24)8-9-20(19)25(15)18-6-4-3-5-7-18/h3-9,14,17,22H,10-13H2,1-2H3. The Labute approximate surface area is 153 Å². The Morgan fingerprint density at radius 3 is 2.54 bits per heavy atom. The van der Waals surface area contributed by atoms with Gasteiger partial charge in [0.1, 0.15) is 5.82 Å². The second kappa shape index (κ2) is 6.92. The van der Waals surface area contributed by atoms with Crippen molar-refractivity contribution in [1.29, 1.82) is 0 Å². The number of amides is 1. The normalized spacial score (nSPS) is 15.5. The Hall–Kier alpha value is -2.66. The summed E-state index contributed by atoms with van der Waals surface area (Å²) in [5.74, 6) is 1.03. The first-order chi connectivity index (χ1) is 12.7. The third-order valence-electron chi connectivity index (χ3n) is 5.27. The van der Waals surface area contributed by atoms with Gasteiger partial charge in [-0.05, 0) is 57.1 Å². The molecule has 3 aromatic rings. The van der Waals surface area contributed by atoms with Crippen molar-refractivity contribution in [3.8, 4) is 5.69 Å². The number of likely N-dealkylation sites (tertiary alicyclic amines) is 1. The molecule has 2 aromatic carbocycles. The maximum atomic E-state index is 12.9. The van der Waals surface area contributed by atoms with E-state index < -0.39 is 0 Å². The zero-order valence-electron chi connectivity index (χ0n) is 15.3. The van der Waals surface area contributed by atoms with E-state index in [1.54, 1.807) is 0 Å². The third kappa shape index (κ3) is 2.99. The topological polar surface area (TPSA) is 50.2 Å². The van der Waals surface area contributed by atoms with Crippen LogP contribution in [0.15, 0.2) is 48.5 Å². The number of aryl methyl sites for hydroxylation is 1. The van der Waals surface area contributed by atoms with E-state index in [9.17, 15) is 4.79 Å². The van der Waals surface area contributed by atoms with Crippen LogP contribution in [0.25, 0.3) is 16.7 Å². The number of hydrogen-bond acceptors (Lipinski definition) is 3. The van der Waals surface area contributed by atoms with Gasteiger partial charge < -0.3 is 10.2 Å². The predicted octanol–water partition coefficient (Wildman–Crippen LogP) is 3.16. The van der Waals surface area contributed by atoms with Crippen molar-refractivity contribution in [2.45, 2.75) is 25.8 Å². The Balaban J connectivity index is 1.64. The number of nitrogens with zero attached hydrogens (tertiary/aromatic N) is 3. The highest BCUT2D eigenvalue weighted by Gasteiger charge is 2.23. The minimum atomic E-state index is 0.105. The smallest absolute Gasteiger partial charge is 0.253 e. The van der Waals surface area contributed by atoms with Gasteiger partial charge in [-0.2, -0.15) is 0 Å². The monoisotopic (exact) mass is 348 g/mol. The van der Waals surface area contributed by atoms with Crippen LogP contribution >= 0.6 is 0 Å². The highest BCUT2D eigenvalue weighted by atomic mass is 16.2. The number of nitrogens with one attached hydrogen (secondary N) is 1. The zero-order valence-corrected chi connectivity index (χ0v) is 15.3. The second-order valence-electron chi connectivity index (χ2n) is 6.89. The quantitative estimate of drug-likeness (QED) is 0.791. The van der Waals surface area contributed by atoms with Crippen molar-refractivity contribution < 1.29 is 4.79 Å². The van der Waals surface area contributed by atoms with Crippen molar-refractivity contribution in [2.75, 3.05) is 20.1 Å². The molecule has 0 atom stereocenters. The number of hydrogen-bond donors (Lipinski definition) is 1. The third-order valence-corrected chi connectivity index (χ3v) is 5.27. The molecule has 0 radical (unpaired) electrons. The molecule has 0 saturated carbocycles. The van der Waals surface area contributed by atoms with Crippen molar-refractivity contribution in [3.63, 3.8) is 0 Å². The highest BCUT2D eigenvalue weighted by Crippen LogP contribution is 2.23. The fourth-order valence-corrected chi connectivity index (χ4v) is 3.79. The average molecular weight is 348 g/mol. The number of rotatable bonds is 3. The summed E-state index contributed by atoms with van der Waals surface area (Å²) in [6, 6.07) is 16.6. The highest BCUT2D eigenvalue weighted by molar-refractivity contribution is 5.97. The molecule has 1 N–H and O–H groups in total. The van der Waals surface area contributed by atoms with Crippen LogP contribution in [0.1, 0.15) is 29.0 Å².